The van der Waals surface area contributed by atoms with Crippen LogP contribution in [0.25, 0.3) is 22.3 Å². The summed E-state index contributed by atoms with van der Waals surface area (Å²) in [5.41, 5.74) is 24.9. The minimum atomic E-state index is 0.852. The first kappa shape index (κ1) is 28.7. The quantitative estimate of drug-likeness (QED) is 0.329. The monoisotopic (exact) mass is 508 g/mol. The number of aryl methyl sites for hydroxylation is 2. The topological polar surface area (TPSA) is 0 Å². The zero-order valence-corrected chi connectivity index (χ0v) is 26.8. The summed E-state index contributed by atoms with van der Waals surface area (Å²) in [5.74, 6) is 1.76. The van der Waals surface area contributed by atoms with E-state index in [9.17, 15) is 0 Å². The molecule has 0 heterocycles. The summed E-state index contributed by atoms with van der Waals surface area (Å²) in [6, 6.07) is 2.35. The molecule has 0 atom stereocenters. The lowest BCUT2D eigenvalue weighted by Gasteiger charge is -2.30. The Bertz CT molecular complexity index is 1320. The van der Waals surface area contributed by atoms with Crippen molar-refractivity contribution in [3.8, 4) is 22.3 Å². The number of rotatable bonds is 4. The molecular weight excluding hydrogens is 456 g/mol. The van der Waals surface area contributed by atoms with Crippen molar-refractivity contribution >= 4 is 0 Å². The van der Waals surface area contributed by atoms with Crippen LogP contribution in [-0.2, 0) is 6.42 Å². The van der Waals surface area contributed by atoms with Crippen LogP contribution in [-0.4, -0.2) is 0 Å². The van der Waals surface area contributed by atoms with E-state index < -0.39 is 0 Å². The van der Waals surface area contributed by atoms with E-state index in [4.69, 9.17) is 0 Å². The van der Waals surface area contributed by atoms with Crippen LogP contribution >= 0.6 is 0 Å². The Kier molecular flexibility index (Phi) is 8.05. The lowest BCUT2D eigenvalue weighted by atomic mass is 9.75. The van der Waals surface area contributed by atoms with Gasteiger partial charge in [0.15, 0.2) is 0 Å². The lowest BCUT2D eigenvalue weighted by molar-refractivity contribution is 0.288. The van der Waals surface area contributed by atoms with Gasteiger partial charge in [0.25, 0.3) is 0 Å². The molecule has 0 N–H and O–H groups in total. The fourth-order valence-electron chi connectivity index (χ4n) is 7.55. The molecule has 1 saturated carbocycles. The van der Waals surface area contributed by atoms with E-state index in [1.165, 1.54) is 121 Å². The van der Waals surface area contributed by atoms with Gasteiger partial charge in [-0.05, 0) is 209 Å². The molecule has 204 valence electrons. The van der Waals surface area contributed by atoms with Crippen LogP contribution in [0.5, 0.6) is 0 Å². The highest BCUT2D eigenvalue weighted by atomic mass is 14.3. The molecule has 0 amide bonds. The van der Waals surface area contributed by atoms with Gasteiger partial charge in [-0.1, -0.05) is 25.8 Å². The van der Waals surface area contributed by atoms with Crippen molar-refractivity contribution in [3.05, 3.63) is 78.4 Å². The molecule has 0 nitrogen and oxygen atoms in total. The van der Waals surface area contributed by atoms with E-state index in [0.717, 1.165) is 11.8 Å². The van der Waals surface area contributed by atoms with E-state index >= 15 is 0 Å². The van der Waals surface area contributed by atoms with Gasteiger partial charge in [0.1, 0.15) is 0 Å². The van der Waals surface area contributed by atoms with Crippen LogP contribution in [0, 0.1) is 94.9 Å². The molecule has 0 spiro atoms. The first-order chi connectivity index (χ1) is 17.8. The van der Waals surface area contributed by atoms with Crippen LogP contribution in [0.4, 0.5) is 0 Å². The Morgan fingerprint density at radius 2 is 0.763 bits per heavy atom. The fraction of sp³-hybridized carbons (Fsp3) is 0.526. The summed E-state index contributed by atoms with van der Waals surface area (Å²) in [5, 5.41) is 0. The highest BCUT2D eigenvalue weighted by Crippen LogP contribution is 2.45. The summed E-state index contributed by atoms with van der Waals surface area (Å²) < 4.78 is 0. The second-order valence-corrected chi connectivity index (χ2v) is 13.1. The third kappa shape index (κ3) is 4.67. The summed E-state index contributed by atoms with van der Waals surface area (Å²) in [7, 11) is 0. The van der Waals surface area contributed by atoms with E-state index in [-0.39, 0.29) is 0 Å². The largest absolute Gasteiger partial charge is 0.0625 e. The minimum Gasteiger partial charge on any atom is -0.0625 e. The zero-order valence-electron chi connectivity index (χ0n) is 26.8. The smallest absolute Gasteiger partial charge is 0.0114 e. The predicted octanol–water partition coefficient (Wildman–Crippen LogP) is 11.1. The molecule has 1 aliphatic rings. The highest BCUT2D eigenvalue weighted by Gasteiger charge is 2.26. The van der Waals surface area contributed by atoms with Crippen molar-refractivity contribution in [2.24, 2.45) is 11.8 Å². The van der Waals surface area contributed by atoms with Gasteiger partial charge in [-0.2, -0.15) is 0 Å². The predicted molar refractivity (Wildman–Crippen MR) is 169 cm³/mol. The van der Waals surface area contributed by atoms with E-state index in [1.807, 2.05) is 0 Å². The van der Waals surface area contributed by atoms with Crippen LogP contribution in [0.15, 0.2) is 6.07 Å². The van der Waals surface area contributed by atoms with Gasteiger partial charge in [0, 0.05) is 0 Å². The molecule has 0 bridgehead atoms. The molecule has 3 aromatic rings. The Labute approximate surface area is 234 Å². The van der Waals surface area contributed by atoms with Crippen molar-refractivity contribution in [1.29, 1.82) is 0 Å². The molecule has 38 heavy (non-hydrogen) atoms. The Balaban J connectivity index is 1.92. The van der Waals surface area contributed by atoms with Crippen LogP contribution in [0.3, 0.4) is 0 Å². The van der Waals surface area contributed by atoms with Gasteiger partial charge in [0.2, 0.25) is 0 Å². The van der Waals surface area contributed by atoms with E-state index in [0.29, 0.717) is 0 Å². The molecule has 0 unspecified atom stereocenters. The molecule has 1 fully saturated rings. The third-order valence-corrected chi connectivity index (χ3v) is 10.9. The maximum atomic E-state index is 2.43. The average Bonchev–Trinajstić information content (AvgIpc) is 2.88. The Hall–Kier alpha value is -2.34. The van der Waals surface area contributed by atoms with Crippen LogP contribution in [0.1, 0.15) is 105 Å². The molecule has 4 rings (SSSR count). The Morgan fingerprint density at radius 3 is 1.13 bits per heavy atom. The first-order valence-corrected chi connectivity index (χ1v) is 15.0. The number of benzene rings is 3. The van der Waals surface area contributed by atoms with Gasteiger partial charge >= 0.3 is 0 Å². The Morgan fingerprint density at radius 1 is 0.447 bits per heavy atom. The third-order valence-electron chi connectivity index (χ3n) is 10.9. The number of hydrogen-bond donors (Lipinski definition) is 0. The van der Waals surface area contributed by atoms with Crippen molar-refractivity contribution in [2.45, 2.75) is 122 Å². The van der Waals surface area contributed by atoms with Gasteiger partial charge in [-0.15, -0.1) is 0 Å². The molecule has 0 radical (unpaired) electrons. The summed E-state index contributed by atoms with van der Waals surface area (Å²) >= 11 is 0. The molecule has 0 aliphatic heterocycles. The summed E-state index contributed by atoms with van der Waals surface area (Å²) in [4.78, 5) is 0. The molecular formula is C38H52. The van der Waals surface area contributed by atoms with Crippen molar-refractivity contribution < 1.29 is 0 Å². The van der Waals surface area contributed by atoms with Crippen LogP contribution < -0.4 is 0 Å². The van der Waals surface area contributed by atoms with E-state index in [2.05, 4.69) is 96.1 Å². The first-order valence-electron chi connectivity index (χ1n) is 15.0. The van der Waals surface area contributed by atoms with Crippen molar-refractivity contribution in [1.82, 2.24) is 0 Å². The van der Waals surface area contributed by atoms with Crippen molar-refractivity contribution in [3.63, 3.8) is 0 Å². The SMILES string of the molecule is Cc1cc(C)c(C)c(-c2c(C)c(C)c(-c3c(C)c(C)c(CC4CCC(C)CC4)c(C)c3C)c(C)c2C)c1C. The highest BCUT2D eigenvalue weighted by molar-refractivity contribution is 5.88. The standard InChI is InChI=1S/C38H52/c1-20-14-16-33(17-15-20)19-34-25(6)27(8)36(28(9)26(34)7)38-31(12)29(10)37(30(11)32(38)13)35-23(4)21(2)18-22(3)24(35)5/h18,20,33H,14-17,19H2,1-13H3. The van der Waals surface area contributed by atoms with Gasteiger partial charge in [0.05, 0.1) is 0 Å². The zero-order chi connectivity index (χ0) is 28.2. The maximum absolute atomic E-state index is 2.43. The van der Waals surface area contributed by atoms with Gasteiger partial charge < -0.3 is 0 Å². The maximum Gasteiger partial charge on any atom is -0.0114 e. The molecule has 0 saturated heterocycles. The second-order valence-electron chi connectivity index (χ2n) is 13.1. The second kappa shape index (κ2) is 10.7. The van der Waals surface area contributed by atoms with E-state index in [1.54, 1.807) is 5.56 Å². The lowest BCUT2D eigenvalue weighted by Crippen LogP contribution is -2.16. The van der Waals surface area contributed by atoms with Crippen molar-refractivity contribution in [2.75, 3.05) is 0 Å². The van der Waals surface area contributed by atoms with Gasteiger partial charge in [-0.25, -0.2) is 0 Å². The number of hydrogen-bond acceptors (Lipinski definition) is 0. The summed E-state index contributed by atoms with van der Waals surface area (Å²) in [6.07, 6.45) is 6.86. The minimum absolute atomic E-state index is 0.852. The molecule has 0 aromatic heterocycles. The normalized spacial score (nSPS) is 17.8. The fourth-order valence-corrected chi connectivity index (χ4v) is 7.55. The van der Waals surface area contributed by atoms with Crippen LogP contribution in [0.2, 0.25) is 0 Å². The average molecular weight is 509 g/mol. The molecule has 0 heteroatoms. The van der Waals surface area contributed by atoms with Gasteiger partial charge in [-0.3, -0.25) is 0 Å². The molecule has 1 aliphatic carbocycles. The summed E-state index contributed by atoms with van der Waals surface area (Å²) in [6.45, 7) is 30.6. The molecule has 3 aromatic carbocycles.